The molecule has 2 aromatic heterocycles. The van der Waals surface area contributed by atoms with Gasteiger partial charge in [-0.2, -0.15) is 0 Å². The molecule has 0 aliphatic rings. The third-order valence-electron chi connectivity index (χ3n) is 9.68. The molecular formula is C44H28N2. The van der Waals surface area contributed by atoms with Crippen LogP contribution in [0.5, 0.6) is 0 Å². The lowest BCUT2D eigenvalue weighted by Gasteiger charge is -2.21. The predicted molar refractivity (Wildman–Crippen MR) is 196 cm³/mol. The summed E-state index contributed by atoms with van der Waals surface area (Å²) in [6.45, 7) is 0. The second-order valence-electron chi connectivity index (χ2n) is 12.1. The SMILES string of the molecule is c1ccc(-c2ccc3c(-n4c5ccccc5c5ccccc54)c4ccccc4c(-n4c5ccccc5c5ccccc54)c3c2)cc1. The maximum absolute atomic E-state index is 2.50. The second kappa shape index (κ2) is 9.69. The molecule has 0 aliphatic heterocycles. The molecule has 214 valence electrons. The number of hydrogen-bond donors (Lipinski definition) is 0. The van der Waals surface area contributed by atoms with Crippen LogP contribution in [0, 0.1) is 0 Å². The number of benzene rings is 8. The molecule has 2 nitrogen and oxygen atoms in total. The van der Waals surface area contributed by atoms with Crippen LogP contribution in [-0.2, 0) is 0 Å². The summed E-state index contributed by atoms with van der Waals surface area (Å²) >= 11 is 0. The van der Waals surface area contributed by atoms with Crippen LogP contribution in [0.2, 0.25) is 0 Å². The molecule has 0 N–H and O–H groups in total. The Balaban J connectivity index is 1.46. The van der Waals surface area contributed by atoms with E-state index in [9.17, 15) is 0 Å². The van der Waals surface area contributed by atoms with Gasteiger partial charge in [0, 0.05) is 43.1 Å². The van der Waals surface area contributed by atoms with Crippen LogP contribution < -0.4 is 0 Å². The fraction of sp³-hybridized carbons (Fsp3) is 0. The van der Waals surface area contributed by atoms with Crippen LogP contribution in [0.25, 0.3) is 87.7 Å². The van der Waals surface area contributed by atoms with E-state index in [1.807, 2.05) is 0 Å². The molecule has 46 heavy (non-hydrogen) atoms. The van der Waals surface area contributed by atoms with Crippen molar-refractivity contribution in [3.8, 4) is 22.5 Å². The maximum Gasteiger partial charge on any atom is 0.0620 e. The van der Waals surface area contributed by atoms with E-state index in [1.165, 1.54) is 87.7 Å². The van der Waals surface area contributed by atoms with E-state index in [4.69, 9.17) is 0 Å². The van der Waals surface area contributed by atoms with E-state index in [0.717, 1.165) is 0 Å². The van der Waals surface area contributed by atoms with Gasteiger partial charge in [-0.15, -0.1) is 0 Å². The molecule has 0 fully saturated rings. The zero-order chi connectivity index (χ0) is 30.2. The molecule has 0 spiro atoms. The predicted octanol–water partition coefficient (Wildman–Crippen LogP) is 11.9. The van der Waals surface area contributed by atoms with E-state index >= 15 is 0 Å². The second-order valence-corrected chi connectivity index (χ2v) is 12.1. The van der Waals surface area contributed by atoms with Gasteiger partial charge in [0.25, 0.3) is 0 Å². The van der Waals surface area contributed by atoms with E-state index in [0.29, 0.717) is 0 Å². The number of rotatable bonds is 3. The molecule has 2 heterocycles. The molecule has 0 aliphatic carbocycles. The third-order valence-corrected chi connectivity index (χ3v) is 9.68. The van der Waals surface area contributed by atoms with Crippen LogP contribution >= 0.6 is 0 Å². The zero-order valence-electron chi connectivity index (χ0n) is 25.1. The molecular weight excluding hydrogens is 556 g/mol. The maximum atomic E-state index is 2.50. The van der Waals surface area contributed by atoms with Gasteiger partial charge in [0.1, 0.15) is 0 Å². The van der Waals surface area contributed by atoms with Crippen molar-refractivity contribution in [3.63, 3.8) is 0 Å². The van der Waals surface area contributed by atoms with Gasteiger partial charge < -0.3 is 9.13 Å². The Kier molecular flexibility index (Phi) is 5.31. The van der Waals surface area contributed by atoms with Crippen molar-refractivity contribution in [1.29, 1.82) is 0 Å². The lowest BCUT2D eigenvalue weighted by atomic mass is 9.94. The lowest BCUT2D eigenvalue weighted by molar-refractivity contribution is 1.19. The van der Waals surface area contributed by atoms with Crippen LogP contribution in [0.4, 0.5) is 0 Å². The van der Waals surface area contributed by atoms with Gasteiger partial charge >= 0.3 is 0 Å². The molecule has 0 radical (unpaired) electrons. The highest BCUT2D eigenvalue weighted by Crippen LogP contribution is 2.45. The Bertz CT molecular complexity index is 2690. The summed E-state index contributed by atoms with van der Waals surface area (Å²) in [5.41, 5.74) is 9.70. The van der Waals surface area contributed by atoms with Crippen LogP contribution in [0.15, 0.2) is 170 Å². The van der Waals surface area contributed by atoms with Gasteiger partial charge in [-0.25, -0.2) is 0 Å². The van der Waals surface area contributed by atoms with E-state index in [-0.39, 0.29) is 0 Å². The van der Waals surface area contributed by atoms with E-state index < -0.39 is 0 Å². The smallest absolute Gasteiger partial charge is 0.0620 e. The number of fused-ring (bicyclic) bond motifs is 8. The average Bonchev–Trinajstić information content (AvgIpc) is 3.64. The number of nitrogens with zero attached hydrogens (tertiary/aromatic N) is 2. The molecule has 0 amide bonds. The Labute approximate surface area is 266 Å². The van der Waals surface area contributed by atoms with Gasteiger partial charge in [-0.05, 0) is 41.5 Å². The first-order valence-corrected chi connectivity index (χ1v) is 15.9. The molecule has 10 aromatic rings. The van der Waals surface area contributed by atoms with Gasteiger partial charge in [-0.1, -0.05) is 140 Å². The standard InChI is InChI=1S/C44H28N2/c1-2-14-29(15-3-1)30-26-27-37-38(28-30)44(46-41-24-12-8-18-33(41)34-19-9-13-25-42(34)46)36-21-5-4-20-35(36)43(37)45-39-22-10-6-16-31(39)32-17-7-11-23-40(32)45/h1-28H. The van der Waals surface area contributed by atoms with Gasteiger partial charge in [0.15, 0.2) is 0 Å². The van der Waals surface area contributed by atoms with Crippen LogP contribution in [0.3, 0.4) is 0 Å². The molecule has 0 unspecified atom stereocenters. The molecule has 0 atom stereocenters. The molecule has 2 heteroatoms. The van der Waals surface area contributed by atoms with Crippen molar-refractivity contribution < 1.29 is 0 Å². The van der Waals surface area contributed by atoms with Gasteiger partial charge in [0.05, 0.1) is 33.4 Å². The van der Waals surface area contributed by atoms with Crippen molar-refractivity contribution in [2.75, 3.05) is 0 Å². The summed E-state index contributed by atoms with van der Waals surface area (Å²) in [5.74, 6) is 0. The van der Waals surface area contributed by atoms with Gasteiger partial charge in [0.2, 0.25) is 0 Å². The summed E-state index contributed by atoms with van der Waals surface area (Å²) < 4.78 is 4.99. The summed E-state index contributed by atoms with van der Waals surface area (Å²) in [5, 5.41) is 9.96. The van der Waals surface area contributed by atoms with Crippen molar-refractivity contribution >= 4 is 65.2 Å². The summed E-state index contributed by atoms with van der Waals surface area (Å²) in [7, 11) is 0. The van der Waals surface area contributed by atoms with Crippen molar-refractivity contribution in [2.24, 2.45) is 0 Å². The summed E-state index contributed by atoms with van der Waals surface area (Å²) in [6.07, 6.45) is 0. The first-order valence-electron chi connectivity index (χ1n) is 15.9. The third kappa shape index (κ3) is 3.47. The highest BCUT2D eigenvalue weighted by molar-refractivity contribution is 6.21. The van der Waals surface area contributed by atoms with Crippen molar-refractivity contribution in [1.82, 2.24) is 9.13 Å². The number of hydrogen-bond acceptors (Lipinski definition) is 0. The van der Waals surface area contributed by atoms with Gasteiger partial charge in [-0.3, -0.25) is 0 Å². The zero-order valence-corrected chi connectivity index (χ0v) is 25.1. The highest BCUT2D eigenvalue weighted by atomic mass is 15.0. The molecule has 0 saturated carbocycles. The van der Waals surface area contributed by atoms with Crippen molar-refractivity contribution in [3.05, 3.63) is 170 Å². The Hall–Kier alpha value is -6.12. The Morgan fingerprint density at radius 3 is 1.04 bits per heavy atom. The topological polar surface area (TPSA) is 9.86 Å². The fourth-order valence-corrected chi connectivity index (χ4v) is 7.75. The minimum absolute atomic E-state index is 1.21. The molecule has 0 bridgehead atoms. The van der Waals surface area contributed by atoms with Crippen molar-refractivity contribution in [2.45, 2.75) is 0 Å². The molecule has 10 rings (SSSR count). The normalized spacial score (nSPS) is 11.9. The Morgan fingerprint density at radius 2 is 0.587 bits per heavy atom. The van der Waals surface area contributed by atoms with Crippen LogP contribution in [0.1, 0.15) is 0 Å². The molecule has 8 aromatic carbocycles. The van der Waals surface area contributed by atoms with E-state index in [1.54, 1.807) is 0 Å². The van der Waals surface area contributed by atoms with E-state index in [2.05, 4.69) is 179 Å². The lowest BCUT2D eigenvalue weighted by Crippen LogP contribution is -2.03. The quantitative estimate of drug-likeness (QED) is 0.183. The Morgan fingerprint density at radius 1 is 0.239 bits per heavy atom. The van der Waals surface area contributed by atoms with Crippen LogP contribution in [-0.4, -0.2) is 9.13 Å². The minimum atomic E-state index is 1.21. The average molecular weight is 585 g/mol. The minimum Gasteiger partial charge on any atom is -0.308 e. The highest BCUT2D eigenvalue weighted by Gasteiger charge is 2.23. The number of para-hydroxylation sites is 4. The fourth-order valence-electron chi connectivity index (χ4n) is 7.75. The monoisotopic (exact) mass is 584 g/mol. The molecule has 0 saturated heterocycles. The summed E-state index contributed by atoms with van der Waals surface area (Å²) in [4.78, 5) is 0. The largest absolute Gasteiger partial charge is 0.308 e. The summed E-state index contributed by atoms with van der Waals surface area (Å²) in [6, 6.07) is 62.0. The first-order chi connectivity index (χ1) is 22.9. The first kappa shape index (κ1) is 25.2. The number of aromatic nitrogens is 2.